The van der Waals surface area contributed by atoms with Crippen molar-refractivity contribution in [1.82, 2.24) is 10.6 Å². The molecule has 106 valence electrons. The Morgan fingerprint density at radius 3 is 2.80 bits per heavy atom. The number of nitrogens with one attached hydrogen (secondary N) is 3. The van der Waals surface area contributed by atoms with E-state index in [4.69, 9.17) is 0 Å². The van der Waals surface area contributed by atoms with Crippen molar-refractivity contribution in [2.45, 2.75) is 13.0 Å². The standard InChI is InChI=1S/C12H14N4O4/c1-7-4-8(2-3-10(7)16(19)20)15-12(18)9-5-14-11(17)6-13-9/h2-4,9,13H,5-6H2,1H3,(H,14,17)(H,15,18). The molecule has 1 atom stereocenters. The third-order valence-electron chi connectivity index (χ3n) is 2.99. The molecule has 0 saturated carbocycles. The normalized spacial score (nSPS) is 18.2. The lowest BCUT2D eigenvalue weighted by molar-refractivity contribution is -0.385. The average molecular weight is 278 g/mol. The fourth-order valence-corrected chi connectivity index (χ4v) is 1.92. The van der Waals surface area contributed by atoms with Gasteiger partial charge in [-0.25, -0.2) is 0 Å². The minimum absolute atomic E-state index is 0.00561. The minimum Gasteiger partial charge on any atom is -0.353 e. The lowest BCUT2D eigenvalue weighted by Crippen LogP contribution is -2.56. The molecule has 1 aromatic carbocycles. The maximum absolute atomic E-state index is 11.9. The van der Waals surface area contributed by atoms with E-state index in [2.05, 4.69) is 16.0 Å². The highest BCUT2D eigenvalue weighted by molar-refractivity contribution is 5.96. The summed E-state index contributed by atoms with van der Waals surface area (Å²) in [5, 5.41) is 18.7. The van der Waals surface area contributed by atoms with E-state index in [-0.39, 0.29) is 30.6 Å². The van der Waals surface area contributed by atoms with Crippen LogP contribution in [0, 0.1) is 17.0 Å². The smallest absolute Gasteiger partial charge is 0.272 e. The Morgan fingerprint density at radius 2 is 2.25 bits per heavy atom. The predicted octanol–water partition coefficient (Wildman–Crippen LogP) is -0.0703. The zero-order chi connectivity index (χ0) is 14.7. The molecule has 1 saturated heterocycles. The molecule has 0 bridgehead atoms. The molecule has 0 spiro atoms. The SMILES string of the molecule is Cc1cc(NC(=O)C2CNC(=O)CN2)ccc1[N+](=O)[O-]. The van der Waals surface area contributed by atoms with Gasteiger partial charge in [-0.3, -0.25) is 25.0 Å². The lowest BCUT2D eigenvalue weighted by atomic mass is 10.1. The number of amides is 2. The second kappa shape index (κ2) is 5.66. The van der Waals surface area contributed by atoms with E-state index in [0.717, 1.165) is 0 Å². The molecule has 20 heavy (non-hydrogen) atoms. The van der Waals surface area contributed by atoms with Crippen LogP contribution in [0.3, 0.4) is 0 Å². The molecule has 2 amide bonds. The van der Waals surface area contributed by atoms with Crippen LogP contribution < -0.4 is 16.0 Å². The summed E-state index contributed by atoms with van der Waals surface area (Å²) in [6.45, 7) is 1.92. The Bertz CT molecular complexity index is 563. The molecular formula is C12H14N4O4. The second-order valence-electron chi connectivity index (χ2n) is 4.49. The van der Waals surface area contributed by atoms with Crippen molar-refractivity contribution in [3.05, 3.63) is 33.9 Å². The van der Waals surface area contributed by atoms with Crippen molar-refractivity contribution < 1.29 is 14.5 Å². The highest BCUT2D eigenvalue weighted by atomic mass is 16.6. The highest BCUT2D eigenvalue weighted by Crippen LogP contribution is 2.21. The summed E-state index contributed by atoms with van der Waals surface area (Å²) >= 11 is 0. The first-order chi connectivity index (χ1) is 9.47. The van der Waals surface area contributed by atoms with Crippen molar-refractivity contribution in [2.75, 3.05) is 18.4 Å². The molecule has 1 aliphatic rings. The number of piperazine rings is 1. The molecule has 8 nitrogen and oxygen atoms in total. The second-order valence-corrected chi connectivity index (χ2v) is 4.49. The number of carbonyl (C=O) groups excluding carboxylic acids is 2. The molecule has 8 heteroatoms. The molecule has 3 N–H and O–H groups in total. The Balaban J connectivity index is 2.03. The first-order valence-electron chi connectivity index (χ1n) is 6.03. The van der Waals surface area contributed by atoms with Gasteiger partial charge in [0, 0.05) is 23.9 Å². The number of rotatable bonds is 3. The summed E-state index contributed by atoms with van der Waals surface area (Å²) in [6, 6.07) is 3.85. The third kappa shape index (κ3) is 3.09. The number of hydrogen-bond acceptors (Lipinski definition) is 5. The number of benzene rings is 1. The number of anilines is 1. The summed E-state index contributed by atoms with van der Waals surface area (Å²) < 4.78 is 0. The van der Waals surface area contributed by atoms with Crippen molar-refractivity contribution in [3.8, 4) is 0 Å². The molecule has 1 unspecified atom stereocenters. The zero-order valence-corrected chi connectivity index (χ0v) is 10.8. The van der Waals surface area contributed by atoms with Gasteiger partial charge < -0.3 is 10.6 Å². The van der Waals surface area contributed by atoms with Crippen LogP contribution in [0.2, 0.25) is 0 Å². The summed E-state index contributed by atoms with van der Waals surface area (Å²) in [4.78, 5) is 33.1. The molecule has 0 radical (unpaired) electrons. The van der Waals surface area contributed by atoms with Crippen LogP contribution >= 0.6 is 0 Å². The van der Waals surface area contributed by atoms with E-state index >= 15 is 0 Å². The topological polar surface area (TPSA) is 113 Å². The largest absolute Gasteiger partial charge is 0.353 e. The summed E-state index contributed by atoms with van der Waals surface area (Å²) in [5.41, 5.74) is 0.959. The highest BCUT2D eigenvalue weighted by Gasteiger charge is 2.24. The minimum atomic E-state index is -0.511. The van der Waals surface area contributed by atoms with Gasteiger partial charge in [-0.1, -0.05) is 0 Å². The number of nitro benzene ring substituents is 1. The van der Waals surface area contributed by atoms with Gasteiger partial charge in [0.25, 0.3) is 5.69 Å². The number of nitrogens with zero attached hydrogens (tertiary/aromatic N) is 1. The quantitative estimate of drug-likeness (QED) is 0.529. The molecular weight excluding hydrogens is 264 g/mol. The number of carbonyl (C=O) groups is 2. The summed E-state index contributed by atoms with van der Waals surface area (Å²) in [6.07, 6.45) is 0. The Labute approximate surface area is 114 Å². The van der Waals surface area contributed by atoms with Gasteiger partial charge in [-0.15, -0.1) is 0 Å². The Hall–Kier alpha value is -2.48. The van der Waals surface area contributed by atoms with E-state index in [9.17, 15) is 19.7 Å². The van der Waals surface area contributed by atoms with Crippen LogP contribution in [0.5, 0.6) is 0 Å². The van der Waals surface area contributed by atoms with E-state index in [1.807, 2.05) is 0 Å². The van der Waals surface area contributed by atoms with E-state index in [1.54, 1.807) is 6.92 Å². The number of hydrogen-bond donors (Lipinski definition) is 3. The van der Waals surface area contributed by atoms with Crippen molar-refractivity contribution in [1.29, 1.82) is 0 Å². The van der Waals surface area contributed by atoms with Gasteiger partial charge in [-0.05, 0) is 19.1 Å². The zero-order valence-electron chi connectivity index (χ0n) is 10.8. The molecule has 1 heterocycles. The predicted molar refractivity (Wildman–Crippen MR) is 71.3 cm³/mol. The fourth-order valence-electron chi connectivity index (χ4n) is 1.92. The van der Waals surface area contributed by atoms with Crippen LogP contribution in [0.1, 0.15) is 5.56 Å². The molecule has 1 aliphatic heterocycles. The van der Waals surface area contributed by atoms with Crippen LogP contribution in [0.25, 0.3) is 0 Å². The Kier molecular flexibility index (Phi) is 3.94. The summed E-state index contributed by atoms with van der Waals surface area (Å²) in [5.74, 6) is -0.446. The van der Waals surface area contributed by atoms with Gasteiger partial charge in [-0.2, -0.15) is 0 Å². The van der Waals surface area contributed by atoms with E-state index in [1.165, 1.54) is 18.2 Å². The van der Waals surface area contributed by atoms with Gasteiger partial charge >= 0.3 is 0 Å². The van der Waals surface area contributed by atoms with Gasteiger partial charge in [0.05, 0.1) is 11.5 Å². The maximum Gasteiger partial charge on any atom is 0.272 e. The van der Waals surface area contributed by atoms with Crippen molar-refractivity contribution >= 4 is 23.2 Å². The molecule has 2 rings (SSSR count). The number of nitro groups is 1. The van der Waals surface area contributed by atoms with Crippen LogP contribution in [0.15, 0.2) is 18.2 Å². The monoisotopic (exact) mass is 278 g/mol. The number of aryl methyl sites for hydroxylation is 1. The van der Waals surface area contributed by atoms with E-state index < -0.39 is 11.0 Å². The van der Waals surface area contributed by atoms with Gasteiger partial charge in [0.2, 0.25) is 11.8 Å². The summed E-state index contributed by atoms with van der Waals surface area (Å²) in [7, 11) is 0. The first-order valence-corrected chi connectivity index (χ1v) is 6.03. The molecule has 1 fully saturated rings. The van der Waals surface area contributed by atoms with Crippen molar-refractivity contribution in [3.63, 3.8) is 0 Å². The third-order valence-corrected chi connectivity index (χ3v) is 2.99. The first kappa shape index (κ1) is 13.9. The van der Waals surface area contributed by atoms with Crippen LogP contribution in [0.4, 0.5) is 11.4 Å². The molecule has 0 aromatic heterocycles. The van der Waals surface area contributed by atoms with Crippen LogP contribution in [-0.4, -0.2) is 35.9 Å². The van der Waals surface area contributed by atoms with Gasteiger partial charge in [0.1, 0.15) is 6.04 Å². The molecule has 1 aromatic rings. The Morgan fingerprint density at radius 1 is 1.50 bits per heavy atom. The van der Waals surface area contributed by atoms with Gasteiger partial charge in [0.15, 0.2) is 0 Å². The lowest BCUT2D eigenvalue weighted by Gasteiger charge is -2.23. The van der Waals surface area contributed by atoms with Crippen LogP contribution in [-0.2, 0) is 9.59 Å². The average Bonchev–Trinajstić information content (AvgIpc) is 2.39. The van der Waals surface area contributed by atoms with Crippen molar-refractivity contribution in [2.24, 2.45) is 0 Å². The molecule has 0 aliphatic carbocycles. The maximum atomic E-state index is 11.9. The fraction of sp³-hybridized carbons (Fsp3) is 0.333. The van der Waals surface area contributed by atoms with E-state index in [0.29, 0.717) is 11.3 Å².